The molecule has 0 aliphatic carbocycles. The Hall–Kier alpha value is -3.38. The Morgan fingerprint density at radius 1 is 0.938 bits per heavy atom. The summed E-state index contributed by atoms with van der Waals surface area (Å²) in [5, 5.41) is 5.09. The van der Waals surface area contributed by atoms with E-state index in [0.717, 1.165) is 35.6 Å². The Bertz CT molecular complexity index is 1120. The Labute approximate surface area is 192 Å². The number of anilines is 2. The van der Waals surface area contributed by atoms with Crippen molar-refractivity contribution in [3.63, 3.8) is 0 Å². The van der Waals surface area contributed by atoms with Crippen LogP contribution in [0.2, 0.25) is 0 Å². The lowest BCUT2D eigenvalue weighted by Gasteiger charge is -2.16. The van der Waals surface area contributed by atoms with Crippen molar-refractivity contribution in [3.8, 4) is 5.75 Å². The summed E-state index contributed by atoms with van der Waals surface area (Å²) in [6.45, 7) is 4.67. The molecular weight excluding hydrogens is 420 g/mol. The summed E-state index contributed by atoms with van der Waals surface area (Å²) >= 11 is 1.44. The maximum absolute atomic E-state index is 13.4. The Morgan fingerprint density at radius 2 is 1.69 bits per heavy atom. The summed E-state index contributed by atoms with van der Waals surface area (Å²) < 4.78 is 5.49. The van der Waals surface area contributed by atoms with Crippen molar-refractivity contribution in [2.24, 2.45) is 0 Å². The van der Waals surface area contributed by atoms with Crippen LogP contribution in [0.5, 0.6) is 5.75 Å². The lowest BCUT2D eigenvalue weighted by Crippen LogP contribution is -2.32. The van der Waals surface area contributed by atoms with Crippen molar-refractivity contribution in [1.29, 1.82) is 0 Å². The van der Waals surface area contributed by atoms with E-state index in [0.29, 0.717) is 17.9 Å². The third-order valence-corrected chi connectivity index (χ3v) is 6.19. The molecule has 6 heteroatoms. The van der Waals surface area contributed by atoms with Crippen LogP contribution in [0, 0.1) is 0 Å². The Kier molecular flexibility index (Phi) is 6.71. The predicted molar refractivity (Wildman–Crippen MR) is 130 cm³/mol. The fourth-order valence-corrected chi connectivity index (χ4v) is 4.44. The van der Waals surface area contributed by atoms with E-state index in [1.807, 2.05) is 73.0 Å². The van der Waals surface area contributed by atoms with E-state index < -0.39 is 0 Å². The van der Waals surface area contributed by atoms with E-state index in [1.165, 1.54) is 21.8 Å². The number of thiophene rings is 1. The van der Waals surface area contributed by atoms with Crippen LogP contribution in [0.25, 0.3) is 5.57 Å². The minimum absolute atomic E-state index is 0.289. The number of hydrogen-bond donors (Lipinski definition) is 1. The standard InChI is InChI=1S/C26H26N2O3S/c1-3-5-7-18-9-13-20(14-10-18)28-25(29)23(22-8-6-17-32-22)24(26(28)30)27-19-11-15-21(16-12-19)31-4-2/h6,8-17,27H,3-5,7H2,1-2H3. The van der Waals surface area contributed by atoms with Crippen molar-refractivity contribution in [2.75, 3.05) is 16.8 Å². The van der Waals surface area contributed by atoms with Crippen molar-refractivity contribution in [3.05, 3.63) is 82.2 Å². The molecule has 3 aromatic rings. The van der Waals surface area contributed by atoms with Crippen LogP contribution < -0.4 is 15.0 Å². The number of carbonyl (C=O) groups excluding carboxylic acids is 2. The van der Waals surface area contributed by atoms with Crippen molar-refractivity contribution in [1.82, 2.24) is 0 Å². The third kappa shape index (κ3) is 4.46. The number of rotatable bonds is 9. The van der Waals surface area contributed by atoms with Crippen molar-refractivity contribution < 1.29 is 14.3 Å². The van der Waals surface area contributed by atoms with Gasteiger partial charge in [0.2, 0.25) is 0 Å². The van der Waals surface area contributed by atoms with Crippen LogP contribution in [0.3, 0.4) is 0 Å². The first-order valence-corrected chi connectivity index (χ1v) is 11.8. The molecule has 1 aliphatic rings. The second-order valence-corrected chi connectivity index (χ2v) is 8.47. The quantitative estimate of drug-likeness (QED) is 0.417. The van der Waals surface area contributed by atoms with Gasteiger partial charge in [-0.3, -0.25) is 9.59 Å². The molecule has 1 aliphatic heterocycles. The fourth-order valence-electron chi connectivity index (χ4n) is 3.67. The number of nitrogens with one attached hydrogen (secondary N) is 1. The van der Waals surface area contributed by atoms with E-state index >= 15 is 0 Å². The van der Waals surface area contributed by atoms with Gasteiger partial charge in [-0.25, -0.2) is 4.90 Å². The summed E-state index contributed by atoms with van der Waals surface area (Å²) in [6.07, 6.45) is 3.22. The Balaban J connectivity index is 1.65. The smallest absolute Gasteiger partial charge is 0.282 e. The number of amides is 2. The van der Waals surface area contributed by atoms with E-state index in [2.05, 4.69) is 12.2 Å². The molecule has 0 fully saturated rings. The molecule has 1 N–H and O–H groups in total. The van der Waals surface area contributed by atoms with Gasteiger partial charge in [-0.15, -0.1) is 11.3 Å². The molecule has 0 unspecified atom stereocenters. The molecule has 2 aromatic carbocycles. The van der Waals surface area contributed by atoms with Crippen LogP contribution >= 0.6 is 11.3 Å². The minimum atomic E-state index is -0.353. The van der Waals surface area contributed by atoms with E-state index in [9.17, 15) is 9.59 Å². The number of hydrogen-bond acceptors (Lipinski definition) is 5. The average molecular weight is 447 g/mol. The number of unbranched alkanes of at least 4 members (excludes halogenated alkanes) is 1. The highest BCUT2D eigenvalue weighted by Crippen LogP contribution is 2.35. The number of nitrogens with zero attached hydrogens (tertiary/aromatic N) is 1. The van der Waals surface area contributed by atoms with Gasteiger partial charge in [0.05, 0.1) is 17.9 Å². The summed E-state index contributed by atoms with van der Waals surface area (Å²) in [7, 11) is 0. The molecule has 0 saturated heterocycles. The van der Waals surface area contributed by atoms with Gasteiger partial charge in [-0.1, -0.05) is 31.5 Å². The van der Waals surface area contributed by atoms with Gasteiger partial charge in [0, 0.05) is 10.6 Å². The van der Waals surface area contributed by atoms with Crippen molar-refractivity contribution in [2.45, 2.75) is 33.1 Å². The number of ether oxygens (including phenoxy) is 1. The number of aryl methyl sites for hydroxylation is 1. The van der Waals surface area contributed by atoms with E-state index in [4.69, 9.17) is 4.74 Å². The molecule has 2 amide bonds. The largest absolute Gasteiger partial charge is 0.494 e. The van der Waals surface area contributed by atoms with Crippen LogP contribution in [0.15, 0.2) is 71.7 Å². The van der Waals surface area contributed by atoms with Gasteiger partial charge in [-0.2, -0.15) is 0 Å². The average Bonchev–Trinajstić information content (AvgIpc) is 3.41. The molecule has 0 atom stereocenters. The van der Waals surface area contributed by atoms with Crippen LogP contribution in [-0.4, -0.2) is 18.4 Å². The van der Waals surface area contributed by atoms with Gasteiger partial charge >= 0.3 is 0 Å². The summed E-state index contributed by atoms with van der Waals surface area (Å²) in [6, 6.07) is 18.8. The summed E-state index contributed by atoms with van der Waals surface area (Å²) in [5.74, 6) is 0.0879. The zero-order chi connectivity index (χ0) is 22.5. The second kappa shape index (κ2) is 9.83. The molecule has 4 rings (SSSR count). The molecule has 5 nitrogen and oxygen atoms in total. The van der Waals surface area contributed by atoms with E-state index in [1.54, 1.807) is 0 Å². The van der Waals surface area contributed by atoms with Gasteiger partial charge in [-0.05, 0) is 73.2 Å². The van der Waals surface area contributed by atoms with Gasteiger partial charge in [0.1, 0.15) is 11.4 Å². The summed E-state index contributed by atoms with van der Waals surface area (Å²) in [4.78, 5) is 28.8. The lowest BCUT2D eigenvalue weighted by atomic mass is 10.1. The van der Waals surface area contributed by atoms with Crippen LogP contribution in [0.4, 0.5) is 11.4 Å². The highest BCUT2D eigenvalue weighted by atomic mass is 32.1. The lowest BCUT2D eigenvalue weighted by molar-refractivity contribution is -0.120. The van der Waals surface area contributed by atoms with Gasteiger partial charge < -0.3 is 10.1 Å². The van der Waals surface area contributed by atoms with Gasteiger partial charge in [0.15, 0.2) is 0 Å². The first-order chi connectivity index (χ1) is 15.6. The SMILES string of the molecule is CCCCc1ccc(N2C(=O)C(Nc3ccc(OCC)cc3)=C(c3cccs3)C2=O)cc1. The van der Waals surface area contributed by atoms with Crippen LogP contribution in [0.1, 0.15) is 37.1 Å². The third-order valence-electron chi connectivity index (χ3n) is 5.30. The first-order valence-electron chi connectivity index (χ1n) is 10.9. The maximum Gasteiger partial charge on any atom is 0.282 e. The molecule has 1 aromatic heterocycles. The molecule has 0 bridgehead atoms. The molecule has 0 spiro atoms. The first kappa shape index (κ1) is 21.8. The molecule has 2 heterocycles. The van der Waals surface area contributed by atoms with Crippen molar-refractivity contribution >= 4 is 40.1 Å². The Morgan fingerprint density at radius 3 is 2.31 bits per heavy atom. The summed E-state index contributed by atoms with van der Waals surface area (Å²) in [5.41, 5.74) is 3.19. The predicted octanol–water partition coefficient (Wildman–Crippen LogP) is 5.89. The van der Waals surface area contributed by atoms with Gasteiger partial charge in [0.25, 0.3) is 11.8 Å². The number of imide groups is 1. The normalized spacial score (nSPS) is 13.8. The zero-order valence-corrected chi connectivity index (χ0v) is 19.1. The highest BCUT2D eigenvalue weighted by Gasteiger charge is 2.40. The zero-order valence-electron chi connectivity index (χ0n) is 18.3. The maximum atomic E-state index is 13.4. The molecule has 0 saturated carbocycles. The highest BCUT2D eigenvalue weighted by molar-refractivity contribution is 7.11. The molecular formula is C26H26N2O3S. The number of carbonyl (C=O) groups is 2. The topological polar surface area (TPSA) is 58.6 Å². The van der Waals surface area contributed by atoms with E-state index in [-0.39, 0.29) is 17.5 Å². The monoisotopic (exact) mass is 446 g/mol. The molecule has 32 heavy (non-hydrogen) atoms. The molecule has 164 valence electrons. The molecule has 0 radical (unpaired) electrons. The second-order valence-electron chi connectivity index (χ2n) is 7.53. The number of benzene rings is 2. The fraction of sp³-hybridized carbons (Fsp3) is 0.231. The van der Waals surface area contributed by atoms with Crippen LogP contribution in [-0.2, 0) is 16.0 Å². The minimum Gasteiger partial charge on any atom is -0.494 e.